The van der Waals surface area contributed by atoms with Gasteiger partial charge in [-0.05, 0) is 50.0 Å². The highest BCUT2D eigenvalue weighted by molar-refractivity contribution is 6.74. The Morgan fingerprint density at radius 1 is 0.762 bits per heavy atom. The maximum Gasteiger partial charge on any atom is 0.411 e. The van der Waals surface area contributed by atoms with Crippen molar-refractivity contribution in [2.45, 2.75) is 110 Å². The van der Waals surface area contributed by atoms with Crippen molar-refractivity contribution in [2.24, 2.45) is 0 Å². The van der Waals surface area contributed by atoms with Crippen LogP contribution in [0.2, 0.25) is 18.1 Å². The van der Waals surface area contributed by atoms with E-state index in [0.29, 0.717) is 13.2 Å². The first kappa shape index (κ1) is 33.8. The van der Waals surface area contributed by atoms with E-state index in [2.05, 4.69) is 33.9 Å². The number of benzene rings is 2. The first-order valence-corrected chi connectivity index (χ1v) is 17.6. The lowest BCUT2D eigenvalue weighted by Crippen LogP contribution is -2.52. The minimum Gasteiger partial charge on any atom is -0.457 e. The van der Waals surface area contributed by atoms with Gasteiger partial charge in [-0.15, -0.1) is 0 Å². The molecule has 2 aromatic carbocycles. The fourth-order valence-corrected chi connectivity index (χ4v) is 6.00. The van der Waals surface area contributed by atoms with Gasteiger partial charge in [0, 0.05) is 6.92 Å². The van der Waals surface area contributed by atoms with Crippen LogP contribution < -0.4 is 0 Å². The number of hydrogen-bond donors (Lipinski definition) is 0. The van der Waals surface area contributed by atoms with E-state index in [0.717, 1.165) is 11.1 Å². The lowest BCUT2D eigenvalue weighted by atomic mass is 10.1. The predicted octanol–water partition coefficient (Wildman–Crippen LogP) is 6.73. The van der Waals surface area contributed by atoms with E-state index in [9.17, 15) is 9.59 Å². The molecule has 0 saturated carbocycles. The Morgan fingerprint density at radius 2 is 1.21 bits per heavy atom. The monoisotopic (exact) mass is 599 g/mol. The second kappa shape index (κ2) is 14.2. The molecule has 0 spiro atoms. The van der Waals surface area contributed by atoms with Gasteiger partial charge in [-0.2, -0.15) is 0 Å². The number of amides is 1. The molecule has 2 aromatic rings. The number of rotatable bonds is 11. The van der Waals surface area contributed by atoms with Crippen LogP contribution in [0.3, 0.4) is 0 Å². The van der Waals surface area contributed by atoms with Gasteiger partial charge in [-0.25, -0.2) is 4.79 Å². The zero-order chi connectivity index (χ0) is 31.1. The van der Waals surface area contributed by atoms with Crippen molar-refractivity contribution >= 4 is 20.4 Å². The first-order chi connectivity index (χ1) is 19.6. The minimum atomic E-state index is -2.40. The van der Waals surface area contributed by atoms with Gasteiger partial charge in [-0.1, -0.05) is 81.4 Å². The molecule has 0 radical (unpaired) electrons. The lowest BCUT2D eigenvalue weighted by molar-refractivity contribution is -0.152. The largest absolute Gasteiger partial charge is 0.457 e. The molecule has 1 amide bonds. The second-order valence-corrected chi connectivity index (χ2v) is 18.2. The fraction of sp³-hybridized carbons (Fsp3) is 0.576. The third-order valence-electron chi connectivity index (χ3n) is 7.74. The molecule has 4 atom stereocenters. The molecular weight excluding hydrogens is 550 g/mol. The van der Waals surface area contributed by atoms with Crippen molar-refractivity contribution in [3.8, 4) is 0 Å². The summed E-state index contributed by atoms with van der Waals surface area (Å²) >= 11 is 0. The average Bonchev–Trinajstić information content (AvgIpc) is 3.14. The standard InChI is InChI=1S/C33H49NO7Si/c1-24(35)39-29-27(22-37-20-25-16-12-10-13-17-25)34(31(36)40-32(2,3)4)28(23-38-21-26-18-14-11-15-19-26)30(29)41-42(8,9)33(5,6)7/h10-19,27-30H,20-23H2,1-9H3/t27-,28-,29-,30-/m1/s1. The zero-order valence-electron chi connectivity index (χ0n) is 26.7. The van der Waals surface area contributed by atoms with Crippen LogP contribution in [0.1, 0.15) is 59.6 Å². The highest BCUT2D eigenvalue weighted by Gasteiger charge is 2.57. The van der Waals surface area contributed by atoms with E-state index in [1.165, 1.54) is 6.92 Å². The van der Waals surface area contributed by atoms with Crippen molar-refractivity contribution in [2.75, 3.05) is 13.2 Å². The van der Waals surface area contributed by atoms with E-state index < -0.39 is 50.3 Å². The molecule has 42 heavy (non-hydrogen) atoms. The Balaban J connectivity index is 2.00. The summed E-state index contributed by atoms with van der Waals surface area (Å²) in [5.41, 5.74) is 1.28. The summed E-state index contributed by atoms with van der Waals surface area (Å²) in [6.45, 7) is 18.6. The maximum atomic E-state index is 13.9. The molecule has 0 N–H and O–H groups in total. The van der Waals surface area contributed by atoms with Gasteiger partial charge in [0.05, 0.1) is 38.5 Å². The summed E-state index contributed by atoms with van der Waals surface area (Å²) in [5.74, 6) is -0.452. The van der Waals surface area contributed by atoms with E-state index >= 15 is 0 Å². The van der Waals surface area contributed by atoms with Gasteiger partial charge in [0.25, 0.3) is 0 Å². The lowest BCUT2D eigenvalue weighted by Gasteiger charge is -2.41. The van der Waals surface area contributed by atoms with Gasteiger partial charge >= 0.3 is 12.1 Å². The van der Waals surface area contributed by atoms with Crippen LogP contribution in [-0.4, -0.2) is 68.4 Å². The molecule has 1 aliphatic rings. The van der Waals surface area contributed by atoms with Gasteiger partial charge in [0.15, 0.2) is 14.4 Å². The first-order valence-electron chi connectivity index (χ1n) is 14.7. The van der Waals surface area contributed by atoms with Gasteiger partial charge in [-0.3, -0.25) is 9.69 Å². The molecule has 232 valence electrons. The predicted molar refractivity (Wildman–Crippen MR) is 165 cm³/mol. The van der Waals surface area contributed by atoms with Crippen LogP contribution in [0.25, 0.3) is 0 Å². The van der Waals surface area contributed by atoms with Gasteiger partial charge < -0.3 is 23.4 Å². The van der Waals surface area contributed by atoms with E-state index in [1.807, 2.05) is 81.4 Å². The van der Waals surface area contributed by atoms with Crippen LogP contribution in [0.5, 0.6) is 0 Å². The molecular formula is C33H49NO7Si. The number of esters is 1. The summed E-state index contributed by atoms with van der Waals surface area (Å²) in [4.78, 5) is 28.0. The third kappa shape index (κ3) is 9.39. The molecule has 0 bridgehead atoms. The molecule has 0 unspecified atom stereocenters. The smallest absolute Gasteiger partial charge is 0.411 e. The van der Waals surface area contributed by atoms with Crippen molar-refractivity contribution in [1.82, 2.24) is 4.90 Å². The number of nitrogens with zero attached hydrogens (tertiary/aromatic N) is 1. The van der Waals surface area contributed by atoms with Gasteiger partial charge in [0.2, 0.25) is 0 Å². The Hall–Kier alpha value is -2.72. The Labute approximate surface area is 252 Å². The number of hydrogen-bond acceptors (Lipinski definition) is 7. The summed E-state index contributed by atoms with van der Waals surface area (Å²) in [7, 11) is -2.40. The van der Waals surface area contributed by atoms with E-state index in [-0.39, 0.29) is 18.3 Å². The Morgan fingerprint density at radius 3 is 1.62 bits per heavy atom. The Bertz CT molecular complexity index is 1140. The van der Waals surface area contributed by atoms with Crippen LogP contribution in [0, 0.1) is 0 Å². The van der Waals surface area contributed by atoms with Crippen LogP contribution in [0.4, 0.5) is 4.79 Å². The Kier molecular flexibility index (Phi) is 11.4. The SMILES string of the molecule is CC(=O)O[C@H]1[C@H](O[Si](C)(C)C(C)(C)C)[C@@H](COCc2ccccc2)N(C(=O)OC(C)(C)C)[C@@H]1COCc1ccccc1. The molecule has 1 saturated heterocycles. The molecule has 1 aliphatic heterocycles. The number of ether oxygens (including phenoxy) is 4. The summed E-state index contributed by atoms with van der Waals surface area (Å²) in [5, 5.41) is -0.123. The summed E-state index contributed by atoms with van der Waals surface area (Å²) in [6, 6.07) is 18.4. The molecule has 9 heteroatoms. The normalized spacial score (nSPS) is 21.3. The van der Waals surface area contributed by atoms with E-state index in [4.69, 9.17) is 23.4 Å². The summed E-state index contributed by atoms with van der Waals surface area (Å²) in [6.07, 6.45) is -1.93. The van der Waals surface area contributed by atoms with Crippen LogP contribution in [0.15, 0.2) is 60.7 Å². The third-order valence-corrected chi connectivity index (χ3v) is 12.2. The van der Waals surface area contributed by atoms with Crippen molar-refractivity contribution < 1.29 is 33.0 Å². The molecule has 1 heterocycles. The van der Waals surface area contributed by atoms with Crippen molar-refractivity contribution in [3.05, 3.63) is 71.8 Å². The summed E-state index contributed by atoms with van der Waals surface area (Å²) < 4.78 is 31.2. The average molecular weight is 600 g/mol. The molecule has 8 nitrogen and oxygen atoms in total. The molecule has 1 fully saturated rings. The zero-order valence-corrected chi connectivity index (χ0v) is 27.7. The molecule has 0 aromatic heterocycles. The molecule has 3 rings (SSSR count). The number of carbonyl (C=O) groups excluding carboxylic acids is 2. The molecule has 0 aliphatic carbocycles. The van der Waals surface area contributed by atoms with Crippen molar-refractivity contribution in [3.63, 3.8) is 0 Å². The quantitative estimate of drug-likeness (QED) is 0.209. The van der Waals surface area contributed by atoms with E-state index in [1.54, 1.807) is 4.90 Å². The number of likely N-dealkylation sites (tertiary alicyclic amines) is 1. The highest BCUT2D eigenvalue weighted by Crippen LogP contribution is 2.41. The minimum absolute atomic E-state index is 0.123. The van der Waals surface area contributed by atoms with Gasteiger partial charge in [0.1, 0.15) is 11.7 Å². The topological polar surface area (TPSA) is 83.5 Å². The maximum absolute atomic E-state index is 13.9. The number of carbonyl (C=O) groups is 2. The van der Waals surface area contributed by atoms with Crippen LogP contribution >= 0.6 is 0 Å². The fourth-order valence-electron chi connectivity index (χ4n) is 4.68. The highest BCUT2D eigenvalue weighted by atomic mass is 28.4. The van der Waals surface area contributed by atoms with Crippen LogP contribution in [-0.2, 0) is 41.4 Å². The second-order valence-electron chi connectivity index (χ2n) is 13.4. The van der Waals surface area contributed by atoms with Crippen molar-refractivity contribution in [1.29, 1.82) is 0 Å².